The summed E-state index contributed by atoms with van der Waals surface area (Å²) in [6, 6.07) is 5.70. The van der Waals surface area contributed by atoms with Gasteiger partial charge in [-0.2, -0.15) is 4.57 Å². The fraction of sp³-hybridized carbons (Fsp3) is 0.385. The predicted molar refractivity (Wildman–Crippen MR) is 62.1 cm³/mol. The number of methoxy groups -OCH3 is 1. The van der Waals surface area contributed by atoms with E-state index in [1.165, 1.54) is 7.11 Å². The standard InChI is InChI=1S/C13H15NO3/c1-8-9(2)12(15)11(13(16)17-3)14-7-5-4-6-10(8)14/h4-9H,1-3H3/p+1/t8-,9+/m0/s1. The van der Waals surface area contributed by atoms with Crippen molar-refractivity contribution in [3.63, 3.8) is 0 Å². The van der Waals surface area contributed by atoms with Crippen molar-refractivity contribution in [1.29, 1.82) is 0 Å². The maximum Gasteiger partial charge on any atom is 0.407 e. The molecular weight excluding hydrogens is 218 g/mol. The number of esters is 1. The Morgan fingerprint density at radius 3 is 2.71 bits per heavy atom. The lowest BCUT2D eigenvalue weighted by Crippen LogP contribution is -2.47. The number of carbonyl (C=O) groups excluding carboxylic acids is 1. The highest BCUT2D eigenvalue weighted by Crippen LogP contribution is 2.32. The third kappa shape index (κ3) is 1.69. The Morgan fingerprint density at radius 1 is 1.35 bits per heavy atom. The van der Waals surface area contributed by atoms with Crippen LogP contribution >= 0.6 is 0 Å². The van der Waals surface area contributed by atoms with E-state index < -0.39 is 5.97 Å². The largest absolute Gasteiger partial charge is 0.505 e. The SMILES string of the molecule is COC(=O)C1=C(O)[C@H](C)[C@H](C)c2cccc[n+]21. The summed E-state index contributed by atoms with van der Waals surface area (Å²) in [7, 11) is 1.31. The number of pyridine rings is 1. The smallest absolute Gasteiger partial charge is 0.407 e. The number of fused-ring (bicyclic) bond motifs is 1. The first kappa shape index (κ1) is 11.6. The minimum absolute atomic E-state index is 0.0908. The number of allylic oxidation sites excluding steroid dienone is 1. The topological polar surface area (TPSA) is 50.4 Å². The van der Waals surface area contributed by atoms with E-state index in [2.05, 4.69) is 0 Å². The van der Waals surface area contributed by atoms with Crippen LogP contribution < -0.4 is 4.57 Å². The van der Waals surface area contributed by atoms with Crippen LogP contribution in [0.2, 0.25) is 0 Å². The van der Waals surface area contributed by atoms with Gasteiger partial charge in [0.2, 0.25) is 0 Å². The molecule has 0 saturated heterocycles. The normalized spacial score (nSPS) is 23.2. The van der Waals surface area contributed by atoms with Gasteiger partial charge in [-0.1, -0.05) is 19.9 Å². The summed E-state index contributed by atoms with van der Waals surface area (Å²) < 4.78 is 6.42. The molecule has 1 N–H and O–H groups in total. The van der Waals surface area contributed by atoms with Gasteiger partial charge in [0.05, 0.1) is 13.0 Å². The van der Waals surface area contributed by atoms with Crippen LogP contribution in [0.25, 0.3) is 5.70 Å². The van der Waals surface area contributed by atoms with E-state index in [9.17, 15) is 9.90 Å². The van der Waals surface area contributed by atoms with Gasteiger partial charge in [0.25, 0.3) is 0 Å². The summed E-state index contributed by atoms with van der Waals surface area (Å²) in [4.78, 5) is 11.7. The summed E-state index contributed by atoms with van der Waals surface area (Å²) in [6.45, 7) is 3.93. The Kier molecular flexibility index (Phi) is 2.88. The molecule has 0 saturated carbocycles. The number of nitrogens with zero attached hydrogens (tertiary/aromatic N) is 1. The molecule has 1 aliphatic heterocycles. The molecule has 0 radical (unpaired) electrons. The van der Waals surface area contributed by atoms with Crippen LogP contribution in [0, 0.1) is 5.92 Å². The van der Waals surface area contributed by atoms with Crippen molar-refractivity contribution in [2.75, 3.05) is 7.11 Å². The highest BCUT2D eigenvalue weighted by Gasteiger charge is 2.41. The molecule has 0 aliphatic carbocycles. The van der Waals surface area contributed by atoms with E-state index in [4.69, 9.17) is 4.74 Å². The zero-order chi connectivity index (χ0) is 12.6. The highest BCUT2D eigenvalue weighted by molar-refractivity contribution is 6.06. The van der Waals surface area contributed by atoms with Crippen LogP contribution in [0.3, 0.4) is 0 Å². The summed E-state index contributed by atoms with van der Waals surface area (Å²) >= 11 is 0. The second-order valence-corrected chi connectivity index (χ2v) is 4.30. The number of hydrogen-bond acceptors (Lipinski definition) is 3. The van der Waals surface area contributed by atoms with Gasteiger partial charge < -0.3 is 9.84 Å². The number of rotatable bonds is 1. The first-order chi connectivity index (χ1) is 8.07. The number of hydrogen-bond donors (Lipinski definition) is 1. The van der Waals surface area contributed by atoms with Crippen molar-refractivity contribution >= 4 is 11.7 Å². The first-order valence-corrected chi connectivity index (χ1v) is 5.60. The quantitative estimate of drug-likeness (QED) is 0.593. The summed E-state index contributed by atoms with van der Waals surface area (Å²) in [5.74, 6) is -0.358. The van der Waals surface area contributed by atoms with E-state index in [0.29, 0.717) is 0 Å². The summed E-state index contributed by atoms with van der Waals surface area (Å²) in [6.07, 6.45) is 1.76. The van der Waals surface area contributed by atoms with Crippen LogP contribution in [0.5, 0.6) is 0 Å². The average Bonchev–Trinajstić information content (AvgIpc) is 2.36. The molecule has 17 heavy (non-hydrogen) atoms. The monoisotopic (exact) mass is 234 g/mol. The summed E-state index contributed by atoms with van der Waals surface area (Å²) in [5.41, 5.74) is 1.21. The van der Waals surface area contributed by atoms with Crippen LogP contribution in [0.15, 0.2) is 30.2 Å². The molecule has 1 aromatic heterocycles. The van der Waals surface area contributed by atoms with E-state index in [1.807, 2.05) is 32.0 Å². The predicted octanol–water partition coefficient (Wildman–Crippen LogP) is 1.63. The number of aliphatic hydroxyl groups excluding tert-OH is 1. The molecule has 2 atom stereocenters. The molecule has 0 amide bonds. The third-order valence-electron chi connectivity index (χ3n) is 3.40. The summed E-state index contributed by atoms with van der Waals surface area (Å²) in [5, 5.41) is 10.1. The fourth-order valence-corrected chi connectivity index (χ4v) is 2.16. The molecule has 90 valence electrons. The van der Waals surface area contributed by atoms with Gasteiger partial charge in [-0.15, -0.1) is 0 Å². The first-order valence-electron chi connectivity index (χ1n) is 5.60. The zero-order valence-corrected chi connectivity index (χ0v) is 10.2. The van der Waals surface area contributed by atoms with Gasteiger partial charge >= 0.3 is 11.7 Å². The Bertz CT molecular complexity index is 493. The second kappa shape index (κ2) is 4.20. The lowest BCUT2D eigenvalue weighted by molar-refractivity contribution is -0.594. The lowest BCUT2D eigenvalue weighted by atomic mass is 9.86. The molecule has 1 aromatic rings. The van der Waals surface area contributed by atoms with Gasteiger partial charge in [0, 0.05) is 18.1 Å². The molecule has 2 heterocycles. The van der Waals surface area contributed by atoms with Gasteiger partial charge in [0.15, 0.2) is 17.6 Å². The van der Waals surface area contributed by atoms with Crippen molar-refractivity contribution in [1.82, 2.24) is 0 Å². The Morgan fingerprint density at radius 2 is 2.06 bits per heavy atom. The maximum atomic E-state index is 11.7. The van der Waals surface area contributed by atoms with Crippen molar-refractivity contribution in [2.45, 2.75) is 19.8 Å². The van der Waals surface area contributed by atoms with Gasteiger partial charge in [-0.3, -0.25) is 0 Å². The number of aliphatic hydroxyl groups is 1. The van der Waals surface area contributed by atoms with Gasteiger partial charge in [-0.25, -0.2) is 4.79 Å². The highest BCUT2D eigenvalue weighted by atomic mass is 16.5. The molecule has 0 spiro atoms. The van der Waals surface area contributed by atoms with Crippen molar-refractivity contribution in [3.05, 3.63) is 35.8 Å². The van der Waals surface area contributed by atoms with Crippen molar-refractivity contribution in [3.8, 4) is 0 Å². The fourth-order valence-electron chi connectivity index (χ4n) is 2.16. The maximum absolute atomic E-state index is 11.7. The van der Waals surface area contributed by atoms with Gasteiger partial charge in [-0.05, 0) is 0 Å². The van der Waals surface area contributed by atoms with Crippen LogP contribution in [-0.2, 0) is 9.53 Å². The molecule has 2 rings (SSSR count). The molecule has 1 aliphatic rings. The Balaban J connectivity index is 2.66. The number of carbonyl (C=O) groups is 1. The van der Waals surface area contributed by atoms with E-state index in [1.54, 1.807) is 10.8 Å². The van der Waals surface area contributed by atoms with Crippen molar-refractivity contribution in [2.24, 2.45) is 5.92 Å². The molecule has 4 heteroatoms. The van der Waals surface area contributed by atoms with Crippen LogP contribution in [0.4, 0.5) is 0 Å². The van der Waals surface area contributed by atoms with E-state index in [0.717, 1.165) is 5.69 Å². The lowest BCUT2D eigenvalue weighted by Gasteiger charge is -2.23. The van der Waals surface area contributed by atoms with Crippen LogP contribution in [0.1, 0.15) is 25.5 Å². The average molecular weight is 234 g/mol. The molecule has 0 aromatic carbocycles. The molecular formula is C13H16NO3+. The van der Waals surface area contributed by atoms with E-state index in [-0.39, 0.29) is 23.3 Å². The Labute approximate surface area is 100 Å². The zero-order valence-electron chi connectivity index (χ0n) is 10.2. The van der Waals surface area contributed by atoms with Gasteiger partial charge in [0.1, 0.15) is 0 Å². The number of ether oxygens (including phenoxy) is 1. The molecule has 0 unspecified atom stereocenters. The van der Waals surface area contributed by atoms with E-state index >= 15 is 0 Å². The Hall–Kier alpha value is -1.84. The minimum atomic E-state index is -0.515. The number of aromatic nitrogens is 1. The second-order valence-electron chi connectivity index (χ2n) is 4.30. The molecule has 0 fully saturated rings. The van der Waals surface area contributed by atoms with Crippen molar-refractivity contribution < 1.29 is 19.2 Å². The molecule has 0 bridgehead atoms. The third-order valence-corrected chi connectivity index (χ3v) is 3.40. The van der Waals surface area contributed by atoms with Crippen LogP contribution in [-0.4, -0.2) is 18.2 Å². The minimum Gasteiger partial charge on any atom is -0.505 e. The molecule has 4 nitrogen and oxygen atoms in total.